The predicted molar refractivity (Wildman–Crippen MR) is 81.2 cm³/mol. The van der Waals surface area contributed by atoms with E-state index >= 15 is 0 Å². The van der Waals surface area contributed by atoms with Gasteiger partial charge in [-0.05, 0) is 44.2 Å². The van der Waals surface area contributed by atoms with Crippen LogP contribution in [0.3, 0.4) is 0 Å². The zero-order valence-corrected chi connectivity index (χ0v) is 12.5. The molecule has 1 aromatic carbocycles. The Kier molecular flexibility index (Phi) is 6.05. The number of hydrogen-bond donors (Lipinski definition) is 1. The van der Waals surface area contributed by atoms with Crippen LogP contribution in [0.15, 0.2) is 28.1 Å². The normalized spacial score (nSPS) is 11.7. The molecule has 2 N–H and O–H groups in total. The molecule has 0 bridgehead atoms. The maximum atomic E-state index is 5.98. The lowest BCUT2D eigenvalue weighted by atomic mass is 10.1. The number of benzene rings is 1. The molecule has 0 fully saturated rings. The van der Waals surface area contributed by atoms with Crippen molar-refractivity contribution in [1.29, 1.82) is 0 Å². The Labute approximate surface area is 114 Å². The summed E-state index contributed by atoms with van der Waals surface area (Å²) in [6, 6.07) is 6.46. The molecular formula is C14H23N3S. The highest BCUT2D eigenvalue weighted by Crippen LogP contribution is 2.22. The Morgan fingerprint density at radius 2 is 2.00 bits per heavy atom. The number of aliphatic imine (C=N–C) groups is 1. The molecule has 0 amide bonds. The Morgan fingerprint density at radius 3 is 2.56 bits per heavy atom. The second-order valence-electron chi connectivity index (χ2n) is 4.16. The fourth-order valence-electron chi connectivity index (χ4n) is 1.80. The molecule has 0 atom stereocenters. The number of thioether (sulfide) groups is 1. The summed E-state index contributed by atoms with van der Waals surface area (Å²) in [4.78, 5) is 7.83. The summed E-state index contributed by atoms with van der Waals surface area (Å²) in [5.74, 6) is 0.632. The Bertz CT molecular complexity index is 412. The van der Waals surface area contributed by atoms with Crippen molar-refractivity contribution in [3.63, 3.8) is 0 Å². The van der Waals surface area contributed by atoms with E-state index in [1.165, 1.54) is 16.0 Å². The van der Waals surface area contributed by atoms with E-state index in [1.807, 2.05) is 0 Å². The molecule has 3 nitrogen and oxygen atoms in total. The van der Waals surface area contributed by atoms with Crippen LogP contribution in [0.25, 0.3) is 0 Å². The Hall–Kier alpha value is -1.16. The van der Waals surface area contributed by atoms with E-state index in [0.29, 0.717) is 12.5 Å². The highest BCUT2D eigenvalue weighted by molar-refractivity contribution is 7.98. The molecule has 1 aromatic rings. The van der Waals surface area contributed by atoms with Gasteiger partial charge in [0.1, 0.15) is 0 Å². The maximum absolute atomic E-state index is 5.98. The van der Waals surface area contributed by atoms with E-state index in [-0.39, 0.29) is 0 Å². The van der Waals surface area contributed by atoms with Crippen molar-refractivity contribution in [1.82, 2.24) is 4.90 Å². The zero-order valence-electron chi connectivity index (χ0n) is 11.7. The first-order chi connectivity index (χ1) is 8.62. The standard InChI is InChI=1S/C14H23N3S/c1-5-17(6-2)14(15)16-10-12-8-7-11(3)9-13(12)18-4/h7-9H,5-6,10H2,1-4H3,(H2,15,16). The smallest absolute Gasteiger partial charge is 0.191 e. The number of nitrogens with zero attached hydrogens (tertiary/aromatic N) is 2. The van der Waals surface area contributed by atoms with Gasteiger partial charge in [-0.2, -0.15) is 0 Å². The lowest BCUT2D eigenvalue weighted by Gasteiger charge is -2.19. The summed E-state index contributed by atoms with van der Waals surface area (Å²) in [6.07, 6.45) is 2.09. The topological polar surface area (TPSA) is 41.6 Å². The van der Waals surface area contributed by atoms with Gasteiger partial charge < -0.3 is 10.6 Å². The van der Waals surface area contributed by atoms with Crippen molar-refractivity contribution in [3.05, 3.63) is 29.3 Å². The van der Waals surface area contributed by atoms with Gasteiger partial charge in [-0.1, -0.05) is 12.1 Å². The molecule has 0 spiro atoms. The number of aryl methyl sites for hydroxylation is 1. The summed E-state index contributed by atoms with van der Waals surface area (Å²) < 4.78 is 0. The molecule has 0 aliphatic carbocycles. The van der Waals surface area contributed by atoms with E-state index in [1.54, 1.807) is 11.8 Å². The van der Waals surface area contributed by atoms with E-state index in [4.69, 9.17) is 5.73 Å². The molecule has 0 aliphatic rings. The third kappa shape index (κ3) is 3.95. The average molecular weight is 265 g/mol. The second kappa shape index (κ2) is 7.31. The summed E-state index contributed by atoms with van der Waals surface area (Å²) in [5, 5.41) is 0. The van der Waals surface area contributed by atoms with Gasteiger partial charge in [-0.3, -0.25) is 0 Å². The van der Waals surface area contributed by atoms with Crippen molar-refractivity contribution in [2.45, 2.75) is 32.2 Å². The highest BCUT2D eigenvalue weighted by atomic mass is 32.2. The molecule has 0 unspecified atom stereocenters. The summed E-state index contributed by atoms with van der Waals surface area (Å²) in [5.41, 5.74) is 8.50. The van der Waals surface area contributed by atoms with Crippen molar-refractivity contribution >= 4 is 17.7 Å². The van der Waals surface area contributed by atoms with Crippen LogP contribution >= 0.6 is 11.8 Å². The molecule has 0 aliphatic heterocycles. The first kappa shape index (κ1) is 14.9. The molecule has 0 aromatic heterocycles. The van der Waals surface area contributed by atoms with Gasteiger partial charge in [0.25, 0.3) is 0 Å². The van der Waals surface area contributed by atoms with Crippen molar-refractivity contribution in [2.75, 3.05) is 19.3 Å². The van der Waals surface area contributed by atoms with E-state index in [0.717, 1.165) is 13.1 Å². The predicted octanol–water partition coefficient (Wildman–Crippen LogP) is 2.87. The molecule has 0 radical (unpaired) electrons. The monoisotopic (exact) mass is 265 g/mol. The third-order valence-corrected chi connectivity index (χ3v) is 3.76. The van der Waals surface area contributed by atoms with Crippen molar-refractivity contribution in [2.24, 2.45) is 10.7 Å². The van der Waals surface area contributed by atoms with Gasteiger partial charge >= 0.3 is 0 Å². The average Bonchev–Trinajstić information content (AvgIpc) is 2.38. The minimum Gasteiger partial charge on any atom is -0.370 e. The van der Waals surface area contributed by atoms with E-state index < -0.39 is 0 Å². The third-order valence-electron chi connectivity index (χ3n) is 2.94. The molecule has 18 heavy (non-hydrogen) atoms. The van der Waals surface area contributed by atoms with Crippen LogP contribution in [0.2, 0.25) is 0 Å². The molecule has 1 rings (SSSR count). The zero-order chi connectivity index (χ0) is 13.5. The molecule has 0 saturated heterocycles. The van der Waals surface area contributed by atoms with Crippen molar-refractivity contribution < 1.29 is 0 Å². The van der Waals surface area contributed by atoms with Gasteiger partial charge in [0, 0.05) is 18.0 Å². The first-order valence-electron chi connectivity index (χ1n) is 6.30. The van der Waals surface area contributed by atoms with Gasteiger partial charge in [0.2, 0.25) is 0 Å². The van der Waals surface area contributed by atoms with Crippen LogP contribution in [0.5, 0.6) is 0 Å². The number of rotatable bonds is 5. The minimum atomic E-state index is 0.632. The fourth-order valence-corrected chi connectivity index (χ4v) is 2.49. The fraction of sp³-hybridized carbons (Fsp3) is 0.500. The first-order valence-corrected chi connectivity index (χ1v) is 7.53. The Balaban J connectivity index is 2.82. The molecule has 100 valence electrons. The van der Waals surface area contributed by atoms with Gasteiger partial charge in [-0.15, -0.1) is 11.8 Å². The van der Waals surface area contributed by atoms with Crippen LogP contribution in [-0.2, 0) is 6.54 Å². The SMILES string of the molecule is CCN(CC)C(N)=NCc1ccc(C)cc1SC. The molecule has 0 saturated carbocycles. The van der Waals surface area contributed by atoms with Crippen LogP contribution in [0, 0.1) is 6.92 Å². The van der Waals surface area contributed by atoms with Gasteiger partial charge in [0.05, 0.1) is 6.54 Å². The van der Waals surface area contributed by atoms with Gasteiger partial charge in [-0.25, -0.2) is 4.99 Å². The number of guanidine groups is 1. The summed E-state index contributed by atoms with van der Waals surface area (Å²) >= 11 is 1.76. The summed E-state index contributed by atoms with van der Waals surface area (Å²) in [6.45, 7) is 8.73. The lowest BCUT2D eigenvalue weighted by Crippen LogP contribution is -2.37. The molecule has 4 heteroatoms. The molecular weight excluding hydrogens is 242 g/mol. The number of hydrogen-bond acceptors (Lipinski definition) is 2. The minimum absolute atomic E-state index is 0.632. The van der Waals surface area contributed by atoms with E-state index in [2.05, 4.69) is 55.1 Å². The van der Waals surface area contributed by atoms with Crippen LogP contribution < -0.4 is 5.73 Å². The lowest BCUT2D eigenvalue weighted by molar-refractivity contribution is 0.458. The Morgan fingerprint density at radius 1 is 1.33 bits per heavy atom. The highest BCUT2D eigenvalue weighted by Gasteiger charge is 2.04. The maximum Gasteiger partial charge on any atom is 0.191 e. The summed E-state index contributed by atoms with van der Waals surface area (Å²) in [7, 11) is 0. The number of nitrogens with two attached hydrogens (primary N) is 1. The van der Waals surface area contributed by atoms with Crippen LogP contribution in [0.1, 0.15) is 25.0 Å². The van der Waals surface area contributed by atoms with Crippen LogP contribution in [-0.4, -0.2) is 30.2 Å². The molecule has 0 heterocycles. The quantitative estimate of drug-likeness (QED) is 0.505. The van der Waals surface area contributed by atoms with E-state index in [9.17, 15) is 0 Å². The largest absolute Gasteiger partial charge is 0.370 e. The van der Waals surface area contributed by atoms with Gasteiger partial charge in [0.15, 0.2) is 5.96 Å². The van der Waals surface area contributed by atoms with Crippen molar-refractivity contribution in [3.8, 4) is 0 Å². The van der Waals surface area contributed by atoms with Crippen LogP contribution in [0.4, 0.5) is 0 Å². The second-order valence-corrected chi connectivity index (χ2v) is 5.01.